The second-order valence-electron chi connectivity index (χ2n) is 3.72. The molecule has 0 amide bonds. The number of halogens is 1. The summed E-state index contributed by atoms with van der Waals surface area (Å²) in [7, 11) is 1.88. The fourth-order valence-electron chi connectivity index (χ4n) is 1.14. The Bertz CT molecular complexity index is 299. The van der Waals surface area contributed by atoms with E-state index in [0.29, 0.717) is 24.4 Å². The maximum absolute atomic E-state index is 5.84. The Morgan fingerprint density at radius 1 is 1.60 bits per heavy atom. The molecule has 0 radical (unpaired) electrons. The van der Waals surface area contributed by atoms with Gasteiger partial charge in [0.2, 0.25) is 0 Å². The summed E-state index contributed by atoms with van der Waals surface area (Å²) >= 11 is 5.84. The van der Waals surface area contributed by atoms with Crippen LogP contribution in [0.15, 0.2) is 6.20 Å². The lowest BCUT2D eigenvalue weighted by Crippen LogP contribution is -2.26. The molecule has 0 atom stereocenters. The molecular weight excluding hydrogens is 214 g/mol. The minimum Gasteiger partial charge on any atom is -0.372 e. The Kier molecular flexibility index (Phi) is 5.08. The maximum atomic E-state index is 5.84. The van der Waals surface area contributed by atoms with Crippen LogP contribution < -0.4 is 5.32 Å². The number of rotatable bonds is 6. The molecule has 4 nitrogen and oxygen atoms in total. The molecule has 0 aromatic carbocycles. The fourth-order valence-corrected chi connectivity index (χ4v) is 1.29. The van der Waals surface area contributed by atoms with Crippen LogP contribution in [0.25, 0.3) is 0 Å². The topological polar surface area (TPSA) is 39.1 Å². The molecule has 1 aromatic heterocycles. The van der Waals surface area contributed by atoms with Crippen molar-refractivity contribution in [3.05, 3.63) is 17.2 Å². The zero-order valence-corrected chi connectivity index (χ0v) is 10.2. The molecule has 0 fully saturated rings. The number of nitrogens with zero attached hydrogens (tertiary/aromatic N) is 2. The van der Waals surface area contributed by atoms with Gasteiger partial charge in [0.15, 0.2) is 0 Å². The van der Waals surface area contributed by atoms with Crippen LogP contribution in [-0.2, 0) is 18.4 Å². The molecule has 0 spiro atoms. The van der Waals surface area contributed by atoms with Gasteiger partial charge in [-0.25, -0.2) is 4.98 Å². The van der Waals surface area contributed by atoms with Crippen LogP contribution >= 0.6 is 11.6 Å². The quantitative estimate of drug-likeness (QED) is 0.756. The van der Waals surface area contributed by atoms with Crippen molar-refractivity contribution in [2.24, 2.45) is 7.05 Å². The van der Waals surface area contributed by atoms with Crippen LogP contribution in [0.4, 0.5) is 0 Å². The van der Waals surface area contributed by atoms with E-state index >= 15 is 0 Å². The highest BCUT2D eigenvalue weighted by atomic mass is 35.5. The van der Waals surface area contributed by atoms with E-state index in [1.165, 1.54) is 0 Å². The highest BCUT2D eigenvalue weighted by Crippen LogP contribution is 2.09. The molecule has 0 bridgehead atoms. The molecule has 15 heavy (non-hydrogen) atoms. The number of imidazole rings is 1. The van der Waals surface area contributed by atoms with Gasteiger partial charge in [-0.15, -0.1) is 0 Å². The van der Waals surface area contributed by atoms with E-state index in [2.05, 4.69) is 24.1 Å². The lowest BCUT2D eigenvalue weighted by atomic mass is 10.4. The highest BCUT2D eigenvalue weighted by molar-refractivity contribution is 6.29. The van der Waals surface area contributed by atoms with Gasteiger partial charge in [-0.3, -0.25) is 0 Å². The molecule has 86 valence electrons. The maximum Gasteiger partial charge on any atom is 0.135 e. The van der Waals surface area contributed by atoms with Gasteiger partial charge < -0.3 is 14.6 Å². The molecular formula is C10H18ClN3O. The monoisotopic (exact) mass is 231 g/mol. The van der Waals surface area contributed by atoms with Crippen molar-refractivity contribution in [3.8, 4) is 0 Å². The van der Waals surface area contributed by atoms with Crippen molar-refractivity contribution < 1.29 is 4.74 Å². The molecule has 0 aliphatic heterocycles. The predicted molar refractivity (Wildman–Crippen MR) is 61.0 cm³/mol. The molecule has 0 saturated heterocycles. The van der Waals surface area contributed by atoms with Crippen LogP contribution in [0.5, 0.6) is 0 Å². The Morgan fingerprint density at radius 3 is 2.87 bits per heavy atom. The molecule has 1 N–H and O–H groups in total. The van der Waals surface area contributed by atoms with Crippen LogP contribution in [0, 0.1) is 0 Å². The summed E-state index contributed by atoms with van der Waals surface area (Å²) in [6.07, 6.45) is 1.63. The third-order valence-corrected chi connectivity index (χ3v) is 2.41. The lowest BCUT2D eigenvalue weighted by Gasteiger charge is -2.08. The number of hydrogen-bond acceptors (Lipinski definition) is 3. The first-order chi connectivity index (χ1) is 7.11. The number of aromatic nitrogens is 2. The van der Waals surface area contributed by atoms with E-state index in [-0.39, 0.29) is 0 Å². The summed E-state index contributed by atoms with van der Waals surface area (Å²) in [6, 6.07) is 0.496. The Labute approximate surface area is 95.6 Å². The van der Waals surface area contributed by atoms with Crippen molar-refractivity contribution in [1.82, 2.24) is 14.9 Å². The van der Waals surface area contributed by atoms with Gasteiger partial charge in [-0.05, 0) is 0 Å². The Morgan fingerprint density at radius 2 is 2.33 bits per heavy atom. The van der Waals surface area contributed by atoms with Crippen molar-refractivity contribution >= 4 is 11.6 Å². The normalized spacial score (nSPS) is 11.3. The van der Waals surface area contributed by atoms with Crippen LogP contribution in [0.1, 0.15) is 19.7 Å². The van der Waals surface area contributed by atoms with Crippen molar-refractivity contribution in [1.29, 1.82) is 0 Å². The zero-order valence-electron chi connectivity index (χ0n) is 9.46. The summed E-state index contributed by atoms with van der Waals surface area (Å²) in [5.74, 6) is 0.851. The molecule has 5 heteroatoms. The summed E-state index contributed by atoms with van der Waals surface area (Å²) < 4.78 is 7.28. The van der Waals surface area contributed by atoms with Crippen molar-refractivity contribution in [2.45, 2.75) is 26.5 Å². The molecule has 0 unspecified atom stereocenters. The first kappa shape index (κ1) is 12.5. The summed E-state index contributed by atoms with van der Waals surface area (Å²) in [4.78, 5) is 4.13. The molecule has 0 saturated carbocycles. The minimum atomic E-state index is 0.496. The van der Waals surface area contributed by atoms with E-state index in [9.17, 15) is 0 Å². The van der Waals surface area contributed by atoms with Gasteiger partial charge >= 0.3 is 0 Å². The largest absolute Gasteiger partial charge is 0.372 e. The third kappa shape index (κ3) is 4.20. The van der Waals surface area contributed by atoms with Gasteiger partial charge in [0.1, 0.15) is 17.6 Å². The van der Waals surface area contributed by atoms with E-state index < -0.39 is 0 Å². The summed E-state index contributed by atoms with van der Waals surface area (Å²) in [5.41, 5.74) is 0. The Balaban J connectivity index is 2.18. The number of hydrogen-bond donors (Lipinski definition) is 1. The van der Waals surface area contributed by atoms with Gasteiger partial charge in [0, 0.05) is 19.6 Å². The second-order valence-corrected chi connectivity index (χ2v) is 4.10. The molecule has 1 heterocycles. The van der Waals surface area contributed by atoms with E-state index in [4.69, 9.17) is 16.3 Å². The smallest absolute Gasteiger partial charge is 0.135 e. The number of ether oxygens (including phenoxy) is 1. The first-order valence-electron chi connectivity index (χ1n) is 5.08. The standard InChI is InChI=1S/C10H18ClN3O/c1-8(2)12-4-5-15-7-10-13-6-9(11)14(10)3/h6,8,12H,4-5,7H2,1-3H3. The molecule has 0 aliphatic rings. The highest BCUT2D eigenvalue weighted by Gasteiger charge is 2.03. The SMILES string of the molecule is CC(C)NCCOCc1ncc(Cl)n1C. The fraction of sp³-hybridized carbons (Fsp3) is 0.700. The van der Waals surface area contributed by atoms with Gasteiger partial charge in [-0.1, -0.05) is 25.4 Å². The van der Waals surface area contributed by atoms with Gasteiger partial charge in [0.25, 0.3) is 0 Å². The molecule has 1 rings (SSSR count). The average molecular weight is 232 g/mol. The summed E-state index contributed by atoms with van der Waals surface area (Å²) in [6.45, 7) is 6.26. The number of nitrogens with one attached hydrogen (secondary N) is 1. The van der Waals surface area contributed by atoms with Crippen molar-refractivity contribution in [2.75, 3.05) is 13.2 Å². The van der Waals surface area contributed by atoms with E-state index in [1.54, 1.807) is 6.20 Å². The Hall–Kier alpha value is -0.580. The first-order valence-corrected chi connectivity index (χ1v) is 5.46. The van der Waals surface area contributed by atoms with E-state index in [0.717, 1.165) is 12.4 Å². The van der Waals surface area contributed by atoms with Crippen LogP contribution in [0.3, 0.4) is 0 Å². The molecule has 1 aromatic rings. The summed E-state index contributed by atoms with van der Waals surface area (Å²) in [5, 5.41) is 3.91. The molecule has 0 aliphatic carbocycles. The predicted octanol–water partition coefficient (Wildman–Crippen LogP) is 1.59. The second kappa shape index (κ2) is 6.10. The lowest BCUT2D eigenvalue weighted by molar-refractivity contribution is 0.114. The van der Waals surface area contributed by atoms with Crippen molar-refractivity contribution in [3.63, 3.8) is 0 Å². The van der Waals surface area contributed by atoms with Crippen LogP contribution in [-0.4, -0.2) is 28.7 Å². The van der Waals surface area contributed by atoms with Crippen LogP contribution in [0.2, 0.25) is 5.15 Å². The average Bonchev–Trinajstić information content (AvgIpc) is 2.48. The zero-order chi connectivity index (χ0) is 11.3. The minimum absolute atomic E-state index is 0.496. The van der Waals surface area contributed by atoms with Gasteiger partial charge in [0.05, 0.1) is 12.8 Å². The van der Waals surface area contributed by atoms with Gasteiger partial charge in [-0.2, -0.15) is 0 Å². The third-order valence-electron chi connectivity index (χ3n) is 2.06. The van der Waals surface area contributed by atoms with E-state index in [1.807, 2.05) is 11.6 Å².